The second kappa shape index (κ2) is 9.70. The zero-order valence-corrected chi connectivity index (χ0v) is 19.6. The van der Waals surface area contributed by atoms with Crippen LogP contribution in [0.1, 0.15) is 39.2 Å². The Hall–Kier alpha value is -3.63. The average molecular weight is 470 g/mol. The number of nitrogens with zero attached hydrogens (tertiary/aromatic N) is 1. The monoisotopic (exact) mass is 469 g/mol. The molecule has 0 amide bonds. The zero-order chi connectivity index (χ0) is 23.5. The fourth-order valence-electron chi connectivity index (χ4n) is 4.30. The van der Waals surface area contributed by atoms with E-state index in [9.17, 15) is 4.79 Å². The van der Waals surface area contributed by atoms with Gasteiger partial charge in [0.15, 0.2) is 0 Å². The summed E-state index contributed by atoms with van der Waals surface area (Å²) in [5, 5.41) is 1.34. The van der Waals surface area contributed by atoms with Crippen LogP contribution in [-0.2, 0) is 11.2 Å². The predicted molar refractivity (Wildman–Crippen MR) is 136 cm³/mol. The maximum atomic E-state index is 13.2. The highest BCUT2D eigenvalue weighted by Crippen LogP contribution is 2.37. The van der Waals surface area contributed by atoms with Crippen LogP contribution in [0.2, 0.25) is 5.02 Å². The van der Waals surface area contributed by atoms with E-state index in [-0.39, 0.29) is 19.2 Å². The molecule has 5 rings (SSSR count). The lowest BCUT2D eigenvalue weighted by Crippen LogP contribution is -2.15. The van der Waals surface area contributed by atoms with Crippen molar-refractivity contribution < 1.29 is 14.3 Å². The number of pyridine rings is 1. The number of hydrogen-bond donors (Lipinski definition) is 0. The molecule has 0 aliphatic heterocycles. The lowest BCUT2D eigenvalue weighted by molar-refractivity contribution is 0.0451. The van der Waals surface area contributed by atoms with Gasteiger partial charge in [-0.25, -0.2) is 9.78 Å². The Bertz CT molecular complexity index is 1390. The van der Waals surface area contributed by atoms with Crippen LogP contribution >= 0.6 is 11.6 Å². The van der Waals surface area contributed by atoms with Gasteiger partial charge in [0.1, 0.15) is 19.0 Å². The maximum Gasteiger partial charge on any atom is 0.339 e. The van der Waals surface area contributed by atoms with Gasteiger partial charge in [-0.2, -0.15) is 0 Å². The molecule has 0 saturated heterocycles. The number of ether oxygens (including phenoxy) is 2. The Kier molecular flexibility index (Phi) is 6.33. The van der Waals surface area contributed by atoms with E-state index in [0.717, 1.165) is 46.1 Å². The number of aromatic nitrogens is 1. The molecule has 0 fully saturated rings. The summed E-state index contributed by atoms with van der Waals surface area (Å²) in [6, 6.07) is 23.4. The minimum Gasteiger partial charge on any atom is -0.488 e. The van der Waals surface area contributed by atoms with Crippen molar-refractivity contribution in [2.24, 2.45) is 0 Å². The smallest absolute Gasteiger partial charge is 0.339 e. The van der Waals surface area contributed by atoms with Crippen LogP contribution in [0.15, 0.2) is 72.8 Å². The lowest BCUT2D eigenvalue weighted by atomic mass is 10.0. The maximum absolute atomic E-state index is 13.2. The average Bonchev–Trinajstić information content (AvgIpc) is 3.24. The molecule has 1 aliphatic rings. The van der Waals surface area contributed by atoms with Gasteiger partial charge in [-0.15, -0.1) is 0 Å². The van der Waals surface area contributed by atoms with Gasteiger partial charge >= 0.3 is 5.97 Å². The number of rotatable bonds is 6. The zero-order valence-electron chi connectivity index (χ0n) is 18.9. The summed E-state index contributed by atoms with van der Waals surface area (Å²) in [5.74, 6) is 0.218. The first-order valence-electron chi connectivity index (χ1n) is 11.3. The fraction of sp³-hybridized carbons (Fsp3) is 0.172. The summed E-state index contributed by atoms with van der Waals surface area (Å²) in [6.45, 7) is 2.42. The quantitative estimate of drug-likeness (QED) is 0.227. The molecule has 4 nitrogen and oxygen atoms in total. The lowest BCUT2D eigenvalue weighted by Gasteiger charge is -2.13. The van der Waals surface area contributed by atoms with E-state index in [1.807, 2.05) is 36.4 Å². The van der Waals surface area contributed by atoms with Crippen molar-refractivity contribution in [3.8, 4) is 5.75 Å². The molecule has 0 radical (unpaired) electrons. The SMILES string of the molecule is Cc1ccc(C=C2CCc3c2nc2ccccc2c3C(=O)OCCOc2ccccc2Cl)cc1. The van der Waals surface area contributed by atoms with Crippen LogP contribution in [0.25, 0.3) is 22.6 Å². The Balaban J connectivity index is 1.41. The number of fused-ring (bicyclic) bond motifs is 2. The summed E-state index contributed by atoms with van der Waals surface area (Å²) in [6.07, 6.45) is 3.76. The van der Waals surface area contributed by atoms with Gasteiger partial charge in [-0.05, 0) is 60.7 Å². The van der Waals surface area contributed by atoms with E-state index in [4.69, 9.17) is 26.1 Å². The van der Waals surface area contributed by atoms with E-state index in [1.54, 1.807) is 12.1 Å². The van der Waals surface area contributed by atoms with Gasteiger partial charge < -0.3 is 9.47 Å². The molecule has 0 atom stereocenters. The molecule has 34 heavy (non-hydrogen) atoms. The minimum absolute atomic E-state index is 0.127. The van der Waals surface area contributed by atoms with Crippen molar-refractivity contribution in [1.82, 2.24) is 4.98 Å². The molecular weight excluding hydrogens is 446 g/mol. The third-order valence-corrected chi connectivity index (χ3v) is 6.29. The van der Waals surface area contributed by atoms with Gasteiger partial charge in [0.25, 0.3) is 0 Å². The van der Waals surface area contributed by atoms with Gasteiger partial charge in [-0.1, -0.05) is 71.8 Å². The second-order valence-electron chi connectivity index (χ2n) is 8.33. The number of esters is 1. The van der Waals surface area contributed by atoms with E-state index in [0.29, 0.717) is 16.3 Å². The summed E-state index contributed by atoms with van der Waals surface area (Å²) >= 11 is 6.13. The Morgan fingerprint density at radius 2 is 1.74 bits per heavy atom. The van der Waals surface area contributed by atoms with Crippen LogP contribution in [0.5, 0.6) is 5.75 Å². The van der Waals surface area contributed by atoms with E-state index >= 15 is 0 Å². The molecule has 0 N–H and O–H groups in total. The molecule has 170 valence electrons. The highest BCUT2D eigenvalue weighted by Gasteiger charge is 2.27. The molecule has 3 aromatic carbocycles. The number of hydrogen-bond acceptors (Lipinski definition) is 4. The first-order chi connectivity index (χ1) is 16.6. The fourth-order valence-corrected chi connectivity index (χ4v) is 4.49. The Morgan fingerprint density at radius 1 is 0.971 bits per heavy atom. The van der Waals surface area contributed by atoms with E-state index in [1.165, 1.54) is 5.56 Å². The number of halogens is 1. The second-order valence-corrected chi connectivity index (χ2v) is 8.73. The standard InChI is InChI=1S/C29H24ClNO3/c1-19-10-12-20(13-11-19)18-21-14-15-23-27(22-6-2-4-8-25(22)31-28(21)23)29(32)34-17-16-33-26-9-5-3-7-24(26)30/h2-13,18H,14-17H2,1H3. The number of para-hydroxylation sites is 2. The van der Waals surface area contributed by atoms with Crippen molar-refractivity contribution in [2.45, 2.75) is 19.8 Å². The van der Waals surface area contributed by atoms with Gasteiger partial charge in [0, 0.05) is 5.39 Å². The molecule has 1 heterocycles. The van der Waals surface area contributed by atoms with Gasteiger partial charge in [0.2, 0.25) is 0 Å². The molecule has 0 spiro atoms. The van der Waals surface area contributed by atoms with Crippen LogP contribution in [-0.4, -0.2) is 24.2 Å². The molecular formula is C29H24ClNO3. The first-order valence-corrected chi connectivity index (χ1v) is 11.7. The highest BCUT2D eigenvalue weighted by molar-refractivity contribution is 6.32. The van der Waals surface area contributed by atoms with Crippen molar-refractivity contribution in [3.05, 3.63) is 106 Å². The molecule has 0 saturated carbocycles. The van der Waals surface area contributed by atoms with Crippen molar-refractivity contribution >= 4 is 40.1 Å². The number of carbonyl (C=O) groups excluding carboxylic acids is 1. The summed E-state index contributed by atoms with van der Waals surface area (Å²) in [4.78, 5) is 18.2. The number of benzene rings is 3. The molecule has 1 aliphatic carbocycles. The Morgan fingerprint density at radius 3 is 2.56 bits per heavy atom. The molecule has 0 bridgehead atoms. The first kappa shape index (κ1) is 22.2. The normalized spacial score (nSPS) is 13.8. The molecule has 1 aromatic heterocycles. The number of carbonyl (C=O) groups is 1. The van der Waals surface area contributed by atoms with Crippen LogP contribution in [0, 0.1) is 6.92 Å². The molecule has 0 unspecified atom stereocenters. The summed E-state index contributed by atoms with van der Waals surface area (Å²) in [7, 11) is 0. The predicted octanol–water partition coefficient (Wildman–Crippen LogP) is 6.92. The summed E-state index contributed by atoms with van der Waals surface area (Å²) < 4.78 is 11.3. The van der Waals surface area contributed by atoms with Crippen molar-refractivity contribution in [2.75, 3.05) is 13.2 Å². The van der Waals surface area contributed by atoms with Gasteiger partial charge in [0.05, 0.1) is 21.8 Å². The number of allylic oxidation sites excluding steroid dienone is 1. The van der Waals surface area contributed by atoms with Crippen LogP contribution in [0.3, 0.4) is 0 Å². The van der Waals surface area contributed by atoms with E-state index < -0.39 is 0 Å². The Labute approximate surface area is 203 Å². The minimum atomic E-state index is -0.353. The van der Waals surface area contributed by atoms with Crippen LogP contribution < -0.4 is 4.74 Å². The van der Waals surface area contributed by atoms with Gasteiger partial charge in [-0.3, -0.25) is 0 Å². The summed E-state index contributed by atoms with van der Waals surface area (Å²) in [5.41, 5.74) is 6.72. The van der Waals surface area contributed by atoms with Crippen molar-refractivity contribution in [3.63, 3.8) is 0 Å². The largest absolute Gasteiger partial charge is 0.488 e. The topological polar surface area (TPSA) is 48.4 Å². The number of aryl methyl sites for hydroxylation is 1. The van der Waals surface area contributed by atoms with E-state index in [2.05, 4.69) is 37.3 Å². The molecule has 4 aromatic rings. The van der Waals surface area contributed by atoms with Crippen molar-refractivity contribution in [1.29, 1.82) is 0 Å². The van der Waals surface area contributed by atoms with Crippen LogP contribution in [0.4, 0.5) is 0 Å². The molecule has 5 heteroatoms. The third kappa shape index (κ3) is 4.55. The third-order valence-electron chi connectivity index (χ3n) is 5.97. The highest BCUT2D eigenvalue weighted by atomic mass is 35.5.